The molecule has 0 aliphatic carbocycles. The lowest BCUT2D eigenvalue weighted by Gasteiger charge is -2.13. The second-order valence-electron chi connectivity index (χ2n) is 14.8. The smallest absolute Gasteiger partial charge is 0.164 e. The highest BCUT2D eigenvalue weighted by atomic mass is 31.2. The van der Waals surface area contributed by atoms with E-state index in [0.717, 1.165) is 66.0 Å². The van der Waals surface area contributed by atoms with Crippen LogP contribution in [0.5, 0.6) is 0 Å². The van der Waals surface area contributed by atoms with Crippen LogP contribution in [-0.2, 0) is 13.7 Å². The van der Waals surface area contributed by atoms with Crippen LogP contribution >= 0.6 is 21.4 Å². The molecule has 6 nitrogen and oxygen atoms in total. The van der Waals surface area contributed by atoms with Gasteiger partial charge in [0, 0.05) is 32.6 Å². The normalized spacial score (nSPS) is 12.1. The first-order valence-corrected chi connectivity index (χ1v) is 25.5. The summed E-state index contributed by atoms with van der Waals surface area (Å²) in [6.07, 6.45) is 0. The zero-order valence-electron chi connectivity index (χ0n) is 31.3. The Morgan fingerprint density at radius 3 is 0.741 bits per heavy atom. The van der Waals surface area contributed by atoms with Crippen molar-refractivity contribution in [1.82, 2.24) is 15.0 Å². The van der Waals surface area contributed by atoms with E-state index in [1.165, 1.54) is 0 Å². The van der Waals surface area contributed by atoms with Crippen LogP contribution in [-0.4, -0.2) is 54.9 Å². The van der Waals surface area contributed by atoms with Crippen molar-refractivity contribution < 1.29 is 13.7 Å². The number of nitrogens with zero attached hydrogens (tertiary/aromatic N) is 3. The van der Waals surface area contributed by atoms with E-state index in [9.17, 15) is 13.7 Å². The molecule has 9 heteroatoms. The molecule has 270 valence electrons. The van der Waals surface area contributed by atoms with Gasteiger partial charge < -0.3 is 13.7 Å². The van der Waals surface area contributed by atoms with Crippen LogP contribution in [0.4, 0.5) is 0 Å². The topological polar surface area (TPSA) is 89.9 Å². The first-order valence-electron chi connectivity index (χ1n) is 17.7. The second kappa shape index (κ2) is 14.7. The van der Waals surface area contributed by atoms with Gasteiger partial charge in [-0.1, -0.05) is 109 Å². The van der Waals surface area contributed by atoms with Crippen molar-refractivity contribution in [2.45, 2.75) is 0 Å². The largest absolute Gasteiger partial charge is 0.319 e. The summed E-state index contributed by atoms with van der Waals surface area (Å²) >= 11 is 0. The van der Waals surface area contributed by atoms with Crippen molar-refractivity contribution in [3.8, 4) is 67.5 Å². The summed E-state index contributed by atoms with van der Waals surface area (Å²) in [7, 11) is -7.36. The molecule has 1 heterocycles. The fourth-order valence-electron chi connectivity index (χ4n) is 6.34. The Bertz CT molecular complexity index is 2390. The van der Waals surface area contributed by atoms with E-state index >= 15 is 0 Å². The number of aromatic nitrogens is 3. The molecule has 6 aromatic carbocycles. The second-order valence-corrected chi connectivity index (χ2v) is 24.4. The molecule has 0 aliphatic rings. The van der Waals surface area contributed by atoms with E-state index in [0.29, 0.717) is 17.5 Å². The summed E-state index contributed by atoms with van der Waals surface area (Å²) in [5, 5.41) is 2.48. The lowest BCUT2D eigenvalue weighted by molar-refractivity contribution is 0.587. The highest BCUT2D eigenvalue weighted by Gasteiger charge is 2.18. The maximum absolute atomic E-state index is 12.9. The lowest BCUT2D eigenvalue weighted by Crippen LogP contribution is -2.03. The molecule has 0 spiro atoms. The van der Waals surface area contributed by atoms with Gasteiger partial charge in [-0.25, -0.2) is 15.0 Å². The van der Waals surface area contributed by atoms with E-state index < -0.39 is 21.4 Å². The Hall–Kier alpha value is -4.98. The van der Waals surface area contributed by atoms with Crippen molar-refractivity contribution in [2.24, 2.45) is 0 Å². The minimum Gasteiger partial charge on any atom is -0.319 e. The van der Waals surface area contributed by atoms with Crippen molar-refractivity contribution in [2.75, 3.05) is 40.0 Å². The number of hydrogen-bond acceptors (Lipinski definition) is 6. The van der Waals surface area contributed by atoms with Crippen LogP contribution in [0.2, 0.25) is 0 Å². The van der Waals surface area contributed by atoms with E-state index in [2.05, 4.69) is 18.2 Å². The summed E-state index contributed by atoms with van der Waals surface area (Å²) in [5.74, 6) is 1.54. The van der Waals surface area contributed by atoms with Crippen molar-refractivity contribution >= 4 is 37.3 Å². The van der Waals surface area contributed by atoms with E-state index in [1.807, 2.05) is 127 Å². The number of benzene rings is 6. The standard InChI is InChI=1S/C45H42N3O3P3/c1-52(2,49)40-22-10-16-34(28-40)31-13-7-19-37(25-31)43-46-44(38-20-8-14-32(26-38)35-17-11-23-41(29-35)53(3,4)50)48-45(47-43)39-21-9-15-33(27-39)36-18-12-24-42(30-36)54(5,6)51/h7-30H,1-6H3. The van der Waals surface area contributed by atoms with Gasteiger partial charge in [-0.15, -0.1) is 0 Å². The average Bonchev–Trinajstić information content (AvgIpc) is 3.17. The first kappa shape index (κ1) is 37.3. The van der Waals surface area contributed by atoms with E-state index in [4.69, 9.17) is 15.0 Å². The number of rotatable bonds is 9. The highest BCUT2D eigenvalue weighted by Crippen LogP contribution is 2.39. The monoisotopic (exact) mass is 765 g/mol. The highest BCUT2D eigenvalue weighted by molar-refractivity contribution is 7.70. The molecular formula is C45H42N3O3P3. The fraction of sp³-hybridized carbons (Fsp3) is 0.133. The zero-order valence-corrected chi connectivity index (χ0v) is 33.9. The van der Waals surface area contributed by atoms with Crippen LogP contribution in [0.3, 0.4) is 0 Å². The predicted molar refractivity (Wildman–Crippen MR) is 230 cm³/mol. The minimum atomic E-state index is -2.45. The molecule has 0 saturated carbocycles. The van der Waals surface area contributed by atoms with Gasteiger partial charge in [0.25, 0.3) is 0 Å². The molecule has 0 aliphatic heterocycles. The molecule has 0 N–H and O–H groups in total. The minimum absolute atomic E-state index is 0.514. The molecule has 54 heavy (non-hydrogen) atoms. The Morgan fingerprint density at radius 2 is 0.500 bits per heavy atom. The molecule has 0 fully saturated rings. The Labute approximate surface area is 317 Å². The fourth-order valence-corrected chi connectivity index (χ4v) is 9.02. The Kier molecular flexibility index (Phi) is 10.2. The molecular weight excluding hydrogens is 723 g/mol. The maximum Gasteiger partial charge on any atom is 0.164 e. The van der Waals surface area contributed by atoms with E-state index in [-0.39, 0.29) is 0 Å². The molecule has 0 amide bonds. The number of hydrogen-bond donors (Lipinski definition) is 0. The van der Waals surface area contributed by atoms with Crippen LogP contribution in [0.15, 0.2) is 146 Å². The van der Waals surface area contributed by atoms with Gasteiger partial charge in [0.05, 0.1) is 0 Å². The molecule has 0 unspecified atom stereocenters. The van der Waals surface area contributed by atoms with Gasteiger partial charge in [-0.05, 0) is 110 Å². The summed E-state index contributed by atoms with van der Waals surface area (Å²) in [6, 6.07) is 47.9. The Morgan fingerprint density at radius 1 is 0.296 bits per heavy atom. The zero-order chi connectivity index (χ0) is 38.3. The van der Waals surface area contributed by atoms with Gasteiger partial charge in [0.2, 0.25) is 0 Å². The molecule has 0 atom stereocenters. The van der Waals surface area contributed by atoms with Gasteiger partial charge in [0.1, 0.15) is 21.4 Å². The quantitative estimate of drug-likeness (QED) is 0.136. The molecule has 0 saturated heterocycles. The van der Waals surface area contributed by atoms with Gasteiger partial charge in [0.15, 0.2) is 17.5 Å². The van der Waals surface area contributed by atoms with Crippen molar-refractivity contribution in [1.29, 1.82) is 0 Å². The summed E-state index contributed by atoms with van der Waals surface area (Å²) in [5.41, 5.74) is 8.22. The third-order valence-electron chi connectivity index (χ3n) is 9.40. The summed E-state index contributed by atoms with van der Waals surface area (Å²) < 4.78 is 38.8. The van der Waals surface area contributed by atoms with Crippen molar-refractivity contribution in [3.63, 3.8) is 0 Å². The molecule has 0 radical (unpaired) electrons. The molecule has 0 bridgehead atoms. The molecule has 1 aromatic heterocycles. The first-order chi connectivity index (χ1) is 25.6. The summed E-state index contributed by atoms with van der Waals surface area (Å²) in [4.78, 5) is 15.2. The third kappa shape index (κ3) is 8.38. The lowest BCUT2D eigenvalue weighted by atomic mass is 10.0. The average molecular weight is 766 g/mol. The van der Waals surface area contributed by atoms with Crippen LogP contribution in [0.25, 0.3) is 67.5 Å². The SMILES string of the molecule is CP(C)(=O)c1cccc(-c2cccc(-c3nc(-c4cccc(-c5cccc(P(C)(C)=O)c5)c4)nc(-c4cccc(-c5cccc(P(C)(C)=O)c5)c4)n3)c2)c1. The van der Waals surface area contributed by atoms with Gasteiger partial charge in [-0.3, -0.25) is 0 Å². The van der Waals surface area contributed by atoms with E-state index in [1.54, 1.807) is 40.0 Å². The van der Waals surface area contributed by atoms with Crippen molar-refractivity contribution in [3.05, 3.63) is 146 Å². The van der Waals surface area contributed by atoms with Crippen LogP contribution in [0, 0.1) is 0 Å². The Balaban J connectivity index is 1.37. The predicted octanol–water partition coefficient (Wildman–Crippen LogP) is 10.6. The maximum atomic E-state index is 12.9. The van der Waals surface area contributed by atoms with Gasteiger partial charge >= 0.3 is 0 Å². The molecule has 7 aromatic rings. The van der Waals surface area contributed by atoms with Crippen LogP contribution < -0.4 is 15.9 Å². The van der Waals surface area contributed by atoms with Gasteiger partial charge in [-0.2, -0.15) is 0 Å². The van der Waals surface area contributed by atoms with Crippen LogP contribution in [0.1, 0.15) is 0 Å². The molecule has 7 rings (SSSR count). The summed E-state index contributed by atoms with van der Waals surface area (Å²) in [6.45, 7) is 10.7. The third-order valence-corrected chi connectivity index (χ3v) is 14.0.